The minimum Gasteiger partial charge on any atom is -0.486 e. The number of nitrogens with one attached hydrogen (secondary N) is 2. The van der Waals surface area contributed by atoms with Gasteiger partial charge in [0, 0.05) is 6.54 Å². The van der Waals surface area contributed by atoms with Crippen LogP contribution in [-0.4, -0.2) is 41.4 Å². The van der Waals surface area contributed by atoms with Gasteiger partial charge >= 0.3 is 0 Å². The van der Waals surface area contributed by atoms with Crippen molar-refractivity contribution in [2.24, 2.45) is 0 Å². The van der Waals surface area contributed by atoms with E-state index in [2.05, 4.69) is 15.3 Å². The van der Waals surface area contributed by atoms with E-state index in [1.807, 2.05) is 42.5 Å². The third kappa shape index (κ3) is 3.94. The van der Waals surface area contributed by atoms with E-state index in [0.29, 0.717) is 25.5 Å². The average Bonchev–Trinajstić information content (AvgIpc) is 3.09. The molecule has 2 aromatic carbocycles. The molecule has 1 amide bonds. The normalized spacial score (nSPS) is 12.9. The molecule has 2 heterocycles. The summed E-state index contributed by atoms with van der Waals surface area (Å²) in [7, 11) is 0. The Hall–Kier alpha value is -2.67. The first-order chi connectivity index (χ1) is 12.8. The molecule has 1 aromatic heterocycles. The van der Waals surface area contributed by atoms with Crippen LogP contribution in [0, 0.1) is 0 Å². The number of hydrogen-bond acceptors (Lipinski definition) is 5. The third-order valence-electron chi connectivity index (χ3n) is 4.05. The molecule has 1 aliphatic rings. The van der Waals surface area contributed by atoms with Crippen LogP contribution in [-0.2, 0) is 11.2 Å². The molecule has 6 nitrogen and oxygen atoms in total. The van der Waals surface area contributed by atoms with E-state index in [-0.39, 0.29) is 5.91 Å². The van der Waals surface area contributed by atoms with E-state index in [9.17, 15) is 4.79 Å². The molecule has 4 rings (SSSR count). The van der Waals surface area contributed by atoms with E-state index < -0.39 is 0 Å². The van der Waals surface area contributed by atoms with Gasteiger partial charge in [-0.25, -0.2) is 4.98 Å². The van der Waals surface area contributed by atoms with Gasteiger partial charge in [-0.3, -0.25) is 4.79 Å². The van der Waals surface area contributed by atoms with Gasteiger partial charge in [0.05, 0.1) is 16.8 Å². The Kier molecular flexibility index (Phi) is 4.97. The maximum atomic E-state index is 12.0. The summed E-state index contributed by atoms with van der Waals surface area (Å²) >= 11 is 1.40. The number of carbonyl (C=O) groups excluding carboxylic acids is 1. The van der Waals surface area contributed by atoms with E-state index in [0.717, 1.165) is 39.7 Å². The SMILES string of the molecule is O=C(CSc1nc2ccccc2[nH]1)NCCc1ccc2c(c1)OCCO2. The number of nitrogens with zero attached hydrogens (tertiary/aromatic N) is 1. The molecular formula is C19H19N3O3S. The number of thioether (sulfide) groups is 1. The number of hydrogen-bond donors (Lipinski definition) is 2. The van der Waals surface area contributed by atoms with Crippen LogP contribution in [0.1, 0.15) is 5.56 Å². The molecule has 7 heteroatoms. The van der Waals surface area contributed by atoms with Crippen molar-refractivity contribution in [1.29, 1.82) is 0 Å². The summed E-state index contributed by atoms with van der Waals surface area (Å²) in [5.41, 5.74) is 3.00. The van der Waals surface area contributed by atoms with Gasteiger partial charge in [-0.2, -0.15) is 0 Å². The van der Waals surface area contributed by atoms with Crippen LogP contribution < -0.4 is 14.8 Å². The lowest BCUT2D eigenvalue weighted by atomic mass is 10.1. The van der Waals surface area contributed by atoms with Crippen LogP contribution in [0.15, 0.2) is 47.6 Å². The maximum Gasteiger partial charge on any atom is 0.230 e. The zero-order valence-electron chi connectivity index (χ0n) is 14.2. The number of ether oxygens (including phenoxy) is 2. The van der Waals surface area contributed by atoms with Crippen molar-refractivity contribution >= 4 is 28.7 Å². The summed E-state index contributed by atoms with van der Waals surface area (Å²) in [6.07, 6.45) is 0.748. The van der Waals surface area contributed by atoms with Crippen LogP contribution in [0.25, 0.3) is 11.0 Å². The minimum atomic E-state index is -0.00648. The lowest BCUT2D eigenvalue weighted by molar-refractivity contribution is -0.118. The molecule has 0 fully saturated rings. The summed E-state index contributed by atoms with van der Waals surface area (Å²) in [5, 5.41) is 3.70. The molecule has 0 radical (unpaired) electrons. The first kappa shape index (κ1) is 16.8. The van der Waals surface area contributed by atoms with Gasteiger partial charge in [0.25, 0.3) is 0 Å². The molecule has 3 aromatic rings. The maximum absolute atomic E-state index is 12.0. The smallest absolute Gasteiger partial charge is 0.230 e. The Morgan fingerprint density at radius 1 is 1.15 bits per heavy atom. The molecule has 0 unspecified atom stereocenters. The molecular weight excluding hydrogens is 350 g/mol. The molecule has 0 saturated carbocycles. The Balaban J connectivity index is 1.24. The second-order valence-corrected chi connectivity index (χ2v) is 6.89. The zero-order chi connectivity index (χ0) is 17.8. The lowest BCUT2D eigenvalue weighted by Gasteiger charge is -2.18. The fourth-order valence-electron chi connectivity index (χ4n) is 2.77. The third-order valence-corrected chi connectivity index (χ3v) is 4.92. The topological polar surface area (TPSA) is 76.2 Å². The van der Waals surface area contributed by atoms with E-state index in [4.69, 9.17) is 9.47 Å². The van der Waals surface area contributed by atoms with Crippen molar-refractivity contribution in [1.82, 2.24) is 15.3 Å². The van der Waals surface area contributed by atoms with Gasteiger partial charge < -0.3 is 19.8 Å². The van der Waals surface area contributed by atoms with Crippen molar-refractivity contribution in [2.75, 3.05) is 25.5 Å². The first-order valence-electron chi connectivity index (χ1n) is 8.51. The number of benzene rings is 2. The van der Waals surface area contributed by atoms with Crippen molar-refractivity contribution < 1.29 is 14.3 Å². The van der Waals surface area contributed by atoms with Gasteiger partial charge in [0.2, 0.25) is 5.91 Å². The number of fused-ring (bicyclic) bond motifs is 2. The van der Waals surface area contributed by atoms with Crippen LogP contribution in [0.5, 0.6) is 11.5 Å². The minimum absolute atomic E-state index is 0.00648. The molecule has 0 bridgehead atoms. The van der Waals surface area contributed by atoms with E-state index in [1.165, 1.54) is 11.8 Å². The molecule has 26 heavy (non-hydrogen) atoms. The van der Waals surface area contributed by atoms with E-state index >= 15 is 0 Å². The molecule has 134 valence electrons. The lowest BCUT2D eigenvalue weighted by Crippen LogP contribution is -2.27. The highest BCUT2D eigenvalue weighted by Gasteiger charge is 2.12. The average molecular weight is 369 g/mol. The number of imidazole rings is 1. The summed E-state index contributed by atoms with van der Waals surface area (Å²) in [4.78, 5) is 19.7. The number of aromatic nitrogens is 2. The Bertz CT molecular complexity index is 892. The second kappa shape index (κ2) is 7.70. The standard InChI is InChI=1S/C19H19N3O3S/c23-18(12-26-19-21-14-3-1-2-4-15(14)22-19)20-8-7-13-5-6-16-17(11-13)25-10-9-24-16/h1-6,11H,7-10,12H2,(H,20,23)(H,21,22). The predicted molar refractivity (Wildman–Crippen MR) is 101 cm³/mol. The zero-order valence-corrected chi connectivity index (χ0v) is 15.0. The number of amides is 1. The van der Waals surface area contributed by atoms with Crippen molar-refractivity contribution in [3.63, 3.8) is 0 Å². The highest BCUT2D eigenvalue weighted by atomic mass is 32.2. The molecule has 0 saturated heterocycles. The van der Waals surface area contributed by atoms with Crippen molar-refractivity contribution in [3.8, 4) is 11.5 Å². The molecule has 0 atom stereocenters. The number of aromatic amines is 1. The van der Waals surface area contributed by atoms with Crippen molar-refractivity contribution in [2.45, 2.75) is 11.6 Å². The van der Waals surface area contributed by atoms with Crippen LogP contribution in [0.2, 0.25) is 0 Å². The van der Waals surface area contributed by atoms with Crippen LogP contribution >= 0.6 is 11.8 Å². The molecule has 2 N–H and O–H groups in total. The van der Waals surface area contributed by atoms with E-state index in [1.54, 1.807) is 0 Å². The summed E-state index contributed by atoms with van der Waals surface area (Å²) in [6, 6.07) is 13.7. The van der Waals surface area contributed by atoms with Crippen molar-refractivity contribution in [3.05, 3.63) is 48.0 Å². The van der Waals surface area contributed by atoms with Gasteiger partial charge in [0.15, 0.2) is 16.7 Å². The highest BCUT2D eigenvalue weighted by molar-refractivity contribution is 7.99. The monoisotopic (exact) mass is 369 g/mol. The van der Waals surface area contributed by atoms with Gasteiger partial charge in [-0.05, 0) is 36.2 Å². The predicted octanol–water partition coefficient (Wildman–Crippen LogP) is 2.79. The van der Waals surface area contributed by atoms with Gasteiger partial charge in [0.1, 0.15) is 13.2 Å². The first-order valence-corrected chi connectivity index (χ1v) is 9.49. The summed E-state index contributed by atoms with van der Waals surface area (Å²) < 4.78 is 11.1. The fraction of sp³-hybridized carbons (Fsp3) is 0.263. The molecule has 0 spiro atoms. The molecule has 0 aliphatic carbocycles. The van der Waals surface area contributed by atoms with Crippen LogP contribution in [0.3, 0.4) is 0 Å². The number of para-hydroxylation sites is 2. The van der Waals surface area contributed by atoms with Gasteiger partial charge in [-0.15, -0.1) is 0 Å². The highest BCUT2D eigenvalue weighted by Crippen LogP contribution is 2.30. The van der Waals surface area contributed by atoms with Gasteiger partial charge in [-0.1, -0.05) is 30.0 Å². The largest absolute Gasteiger partial charge is 0.486 e. The number of carbonyl (C=O) groups is 1. The summed E-state index contributed by atoms with van der Waals surface area (Å²) in [5.74, 6) is 1.89. The van der Waals surface area contributed by atoms with Crippen LogP contribution in [0.4, 0.5) is 0 Å². The summed E-state index contributed by atoms with van der Waals surface area (Å²) in [6.45, 7) is 1.75. The Morgan fingerprint density at radius 3 is 2.88 bits per heavy atom. The fourth-order valence-corrected chi connectivity index (χ4v) is 3.49. The second-order valence-electron chi connectivity index (χ2n) is 5.93. The quantitative estimate of drug-likeness (QED) is 0.654. The Morgan fingerprint density at radius 2 is 2.00 bits per heavy atom. The number of H-pyrrole nitrogens is 1. The Labute approximate surface area is 155 Å². The molecule has 1 aliphatic heterocycles. The number of rotatable bonds is 6.